The van der Waals surface area contributed by atoms with Crippen LogP contribution in [0.3, 0.4) is 0 Å². The van der Waals surface area contributed by atoms with Gasteiger partial charge in [0.25, 0.3) is 0 Å². The van der Waals surface area contributed by atoms with Gasteiger partial charge in [-0.2, -0.15) is 0 Å². The van der Waals surface area contributed by atoms with Crippen molar-refractivity contribution in [3.05, 3.63) is 0 Å². The van der Waals surface area contributed by atoms with Gasteiger partial charge in [0.1, 0.15) is 0 Å². The van der Waals surface area contributed by atoms with E-state index >= 15 is 0 Å². The number of hydrogen-bond donors (Lipinski definition) is 0. The Kier molecular flexibility index (Phi) is 3.20. The Labute approximate surface area is 68.6 Å². The molecule has 2 unspecified atom stereocenters. The summed E-state index contributed by atoms with van der Waals surface area (Å²) in [6, 6.07) is 0. The fourth-order valence-electron chi connectivity index (χ4n) is 1.11. The number of hydrogen-bond acceptors (Lipinski definition) is 3. The summed E-state index contributed by atoms with van der Waals surface area (Å²) in [6.45, 7) is 1.20. The Bertz CT molecular complexity index is 173. The molecule has 0 aromatic rings. The summed E-state index contributed by atoms with van der Waals surface area (Å²) in [5.74, 6) is 0.288. The van der Waals surface area contributed by atoms with Crippen molar-refractivity contribution in [2.45, 2.75) is 6.42 Å². The Hall–Kier alpha value is -0.220. The molecule has 1 saturated heterocycles. The van der Waals surface area contributed by atoms with Crippen LogP contribution in [-0.4, -0.2) is 35.2 Å². The molecule has 1 aliphatic heterocycles. The smallest absolute Gasteiger partial charge is 0.150 e. The molecule has 3 nitrogen and oxygen atoms in total. The van der Waals surface area contributed by atoms with E-state index in [9.17, 15) is 9.00 Å². The summed E-state index contributed by atoms with van der Waals surface area (Å²) < 4.78 is 15.7. The van der Waals surface area contributed by atoms with Crippen LogP contribution in [0, 0.1) is 5.92 Å². The van der Waals surface area contributed by atoms with Gasteiger partial charge in [-0.05, 0) is 6.42 Å². The molecule has 0 bridgehead atoms. The van der Waals surface area contributed by atoms with Crippen LogP contribution >= 0.6 is 0 Å². The van der Waals surface area contributed by atoms with E-state index in [-0.39, 0.29) is 17.5 Å². The first-order valence-electron chi connectivity index (χ1n) is 3.60. The van der Waals surface area contributed by atoms with Gasteiger partial charge in [0.15, 0.2) is 5.78 Å². The van der Waals surface area contributed by atoms with E-state index in [0.29, 0.717) is 13.2 Å². The topological polar surface area (TPSA) is 43.4 Å². The number of ketones is 1. The maximum atomic E-state index is 11.2. The average molecular weight is 176 g/mol. The first-order valence-corrected chi connectivity index (χ1v) is 5.33. The van der Waals surface area contributed by atoms with E-state index in [1.165, 1.54) is 0 Å². The molecule has 1 fully saturated rings. The lowest BCUT2D eigenvalue weighted by Gasteiger charge is -2.02. The number of rotatable bonds is 3. The predicted molar refractivity (Wildman–Crippen MR) is 42.9 cm³/mol. The molecule has 64 valence electrons. The van der Waals surface area contributed by atoms with Gasteiger partial charge in [-0.3, -0.25) is 9.00 Å². The van der Waals surface area contributed by atoms with Crippen LogP contribution in [0.15, 0.2) is 0 Å². The zero-order valence-corrected chi connectivity index (χ0v) is 7.36. The Morgan fingerprint density at radius 2 is 2.45 bits per heavy atom. The van der Waals surface area contributed by atoms with E-state index in [4.69, 9.17) is 4.74 Å². The van der Waals surface area contributed by atoms with Crippen molar-refractivity contribution in [1.29, 1.82) is 0 Å². The van der Waals surface area contributed by atoms with Crippen LogP contribution in [0.4, 0.5) is 0 Å². The standard InChI is InChI=1S/C7H12O3S/c1-11(9)5-7(8)6-2-3-10-4-6/h6H,2-5H2,1H3. The van der Waals surface area contributed by atoms with Crippen LogP contribution in [0.2, 0.25) is 0 Å². The second-order valence-electron chi connectivity index (χ2n) is 2.74. The van der Waals surface area contributed by atoms with Gasteiger partial charge in [-0.1, -0.05) is 0 Å². The molecule has 1 heterocycles. The van der Waals surface area contributed by atoms with Crippen molar-refractivity contribution >= 4 is 16.6 Å². The van der Waals surface area contributed by atoms with Gasteiger partial charge in [0.2, 0.25) is 0 Å². The molecular weight excluding hydrogens is 164 g/mol. The number of carbonyl (C=O) groups excluding carboxylic acids is 1. The summed E-state index contributed by atoms with van der Waals surface area (Å²) in [5.41, 5.74) is 0. The largest absolute Gasteiger partial charge is 0.381 e. The molecule has 0 aliphatic carbocycles. The van der Waals surface area contributed by atoms with Crippen LogP contribution in [-0.2, 0) is 20.3 Å². The monoisotopic (exact) mass is 176 g/mol. The zero-order valence-electron chi connectivity index (χ0n) is 6.54. The Morgan fingerprint density at radius 1 is 1.73 bits per heavy atom. The predicted octanol–water partition coefficient (Wildman–Crippen LogP) is -0.0295. The molecule has 0 amide bonds. The molecule has 0 aromatic heterocycles. The third-order valence-corrected chi connectivity index (χ3v) is 2.42. The quantitative estimate of drug-likeness (QED) is 0.606. The van der Waals surface area contributed by atoms with Crippen molar-refractivity contribution in [2.24, 2.45) is 5.92 Å². The summed E-state index contributed by atoms with van der Waals surface area (Å²) in [4.78, 5) is 11.2. The van der Waals surface area contributed by atoms with Gasteiger partial charge in [-0.25, -0.2) is 0 Å². The molecular formula is C7H12O3S. The van der Waals surface area contributed by atoms with Crippen molar-refractivity contribution in [2.75, 3.05) is 25.2 Å². The normalized spacial score (nSPS) is 26.8. The number of carbonyl (C=O) groups is 1. The van der Waals surface area contributed by atoms with E-state index in [2.05, 4.69) is 0 Å². The van der Waals surface area contributed by atoms with Gasteiger partial charge < -0.3 is 4.74 Å². The molecule has 2 atom stereocenters. The van der Waals surface area contributed by atoms with E-state index in [0.717, 1.165) is 6.42 Å². The minimum Gasteiger partial charge on any atom is -0.381 e. The Morgan fingerprint density at radius 3 is 2.91 bits per heavy atom. The molecule has 11 heavy (non-hydrogen) atoms. The van der Waals surface area contributed by atoms with E-state index in [1.54, 1.807) is 6.26 Å². The fourth-order valence-corrected chi connectivity index (χ4v) is 1.74. The van der Waals surface area contributed by atoms with Gasteiger partial charge >= 0.3 is 0 Å². The van der Waals surface area contributed by atoms with Gasteiger partial charge in [-0.15, -0.1) is 0 Å². The molecule has 0 spiro atoms. The molecule has 0 radical (unpaired) electrons. The molecule has 0 saturated carbocycles. The minimum atomic E-state index is -0.997. The third kappa shape index (κ3) is 2.71. The van der Waals surface area contributed by atoms with Gasteiger partial charge in [0, 0.05) is 29.6 Å². The molecule has 4 heteroatoms. The van der Waals surface area contributed by atoms with Crippen molar-refractivity contribution in [3.8, 4) is 0 Å². The fraction of sp³-hybridized carbons (Fsp3) is 0.857. The zero-order chi connectivity index (χ0) is 8.27. The molecule has 1 rings (SSSR count). The second kappa shape index (κ2) is 3.97. The third-order valence-electron chi connectivity index (χ3n) is 1.73. The summed E-state index contributed by atoms with van der Waals surface area (Å²) in [7, 11) is -0.997. The highest BCUT2D eigenvalue weighted by atomic mass is 32.2. The number of ether oxygens (including phenoxy) is 1. The lowest BCUT2D eigenvalue weighted by Crippen LogP contribution is -2.20. The van der Waals surface area contributed by atoms with E-state index < -0.39 is 10.8 Å². The summed E-state index contributed by atoms with van der Waals surface area (Å²) in [5, 5.41) is 0. The maximum absolute atomic E-state index is 11.2. The lowest BCUT2D eigenvalue weighted by molar-refractivity contribution is -0.120. The lowest BCUT2D eigenvalue weighted by atomic mass is 10.1. The van der Waals surface area contributed by atoms with Crippen molar-refractivity contribution in [1.82, 2.24) is 0 Å². The highest BCUT2D eigenvalue weighted by Crippen LogP contribution is 2.13. The van der Waals surface area contributed by atoms with Crippen LogP contribution < -0.4 is 0 Å². The van der Waals surface area contributed by atoms with Crippen LogP contribution in [0.5, 0.6) is 0 Å². The highest BCUT2D eigenvalue weighted by Gasteiger charge is 2.23. The SMILES string of the molecule is CS(=O)CC(=O)C1CCOC1. The summed E-state index contributed by atoms with van der Waals surface area (Å²) >= 11 is 0. The van der Waals surface area contributed by atoms with Crippen LogP contribution in [0.1, 0.15) is 6.42 Å². The first-order chi connectivity index (χ1) is 5.20. The van der Waals surface area contributed by atoms with Gasteiger partial charge in [0.05, 0.1) is 12.4 Å². The Balaban J connectivity index is 2.34. The average Bonchev–Trinajstić information content (AvgIpc) is 2.35. The number of Topliss-reactive ketones (excluding diaryl/α,β-unsaturated/α-hetero) is 1. The first kappa shape index (κ1) is 8.87. The molecule has 1 aliphatic rings. The van der Waals surface area contributed by atoms with E-state index in [1.807, 2.05) is 0 Å². The van der Waals surface area contributed by atoms with Crippen molar-refractivity contribution < 1.29 is 13.7 Å². The summed E-state index contributed by atoms with van der Waals surface area (Å²) in [6.07, 6.45) is 2.35. The van der Waals surface area contributed by atoms with Crippen LogP contribution in [0.25, 0.3) is 0 Å². The molecule has 0 aromatic carbocycles. The highest BCUT2D eigenvalue weighted by molar-refractivity contribution is 7.85. The second-order valence-corrected chi connectivity index (χ2v) is 4.18. The minimum absolute atomic E-state index is 0.0129. The molecule has 0 N–H and O–H groups in total. The van der Waals surface area contributed by atoms with Crippen molar-refractivity contribution in [3.63, 3.8) is 0 Å². The maximum Gasteiger partial charge on any atom is 0.150 e.